The molecule has 1 heterocycles. The Bertz CT molecular complexity index is 759. The third kappa shape index (κ3) is 5.45. The number of rotatable bonds is 10. The monoisotopic (exact) mass is 363 g/mol. The second-order valence-corrected chi connectivity index (χ2v) is 7.71. The smallest absolute Gasteiger partial charge is 0.223 e. The summed E-state index contributed by atoms with van der Waals surface area (Å²) in [6, 6.07) is 15.5. The Kier molecular flexibility index (Phi) is 7.50. The molecule has 0 spiro atoms. The predicted molar refractivity (Wildman–Crippen MR) is 115 cm³/mol. The zero-order valence-electron chi connectivity index (χ0n) is 16.7. The van der Waals surface area contributed by atoms with Crippen LogP contribution in [0.2, 0.25) is 0 Å². The van der Waals surface area contributed by atoms with E-state index < -0.39 is 0 Å². The Labute approximate surface area is 164 Å². The number of benzene rings is 2. The molecule has 2 nitrogen and oxygen atoms in total. The molecule has 0 saturated carbocycles. The molecule has 0 N–H and O–H groups in total. The number of likely N-dealkylation sites (tertiary alicyclic amines) is 1. The molecule has 0 bridgehead atoms. The van der Waals surface area contributed by atoms with E-state index in [2.05, 4.69) is 66.4 Å². The zero-order valence-corrected chi connectivity index (χ0v) is 16.7. The molecule has 0 aliphatic carbocycles. The highest BCUT2D eigenvalue weighted by molar-refractivity contribution is 5.85. The Morgan fingerprint density at radius 2 is 1.85 bits per heavy atom. The van der Waals surface area contributed by atoms with Gasteiger partial charge in [-0.05, 0) is 42.0 Å². The van der Waals surface area contributed by atoms with Gasteiger partial charge >= 0.3 is 0 Å². The molecule has 2 heteroatoms. The van der Waals surface area contributed by atoms with Crippen molar-refractivity contribution >= 4 is 16.7 Å². The van der Waals surface area contributed by atoms with Crippen molar-refractivity contribution in [2.24, 2.45) is 0 Å². The average molecular weight is 364 g/mol. The van der Waals surface area contributed by atoms with Gasteiger partial charge in [0, 0.05) is 13.0 Å². The fourth-order valence-corrected chi connectivity index (χ4v) is 4.13. The first-order valence-electron chi connectivity index (χ1n) is 10.7. The van der Waals surface area contributed by atoms with Crippen LogP contribution in [-0.2, 0) is 11.2 Å². The van der Waals surface area contributed by atoms with E-state index in [9.17, 15) is 4.79 Å². The van der Waals surface area contributed by atoms with Crippen LogP contribution in [0.1, 0.15) is 63.9 Å². The van der Waals surface area contributed by atoms with E-state index in [4.69, 9.17) is 0 Å². The first-order chi connectivity index (χ1) is 13.3. The molecule has 2 aromatic rings. The van der Waals surface area contributed by atoms with Crippen LogP contribution in [0.15, 0.2) is 54.6 Å². The molecule has 1 unspecified atom stereocenters. The number of aryl methyl sites for hydroxylation is 1. The third-order valence-electron chi connectivity index (χ3n) is 5.70. The van der Waals surface area contributed by atoms with Gasteiger partial charge in [0.1, 0.15) is 0 Å². The molecule has 1 fully saturated rings. The number of allylic oxidation sites excluding steroid dienone is 1. The summed E-state index contributed by atoms with van der Waals surface area (Å²) in [5.74, 6) is 0.342. The van der Waals surface area contributed by atoms with Gasteiger partial charge in [-0.2, -0.15) is 0 Å². The van der Waals surface area contributed by atoms with E-state index in [0.29, 0.717) is 18.4 Å². The average Bonchev–Trinajstić information content (AvgIpc) is 3.05. The minimum absolute atomic E-state index is 0.316. The Morgan fingerprint density at radius 3 is 2.74 bits per heavy atom. The molecule has 2 aromatic carbocycles. The van der Waals surface area contributed by atoms with E-state index in [1.54, 1.807) is 0 Å². The number of nitrogens with zero attached hydrogens (tertiary/aromatic N) is 1. The molecule has 1 aliphatic heterocycles. The van der Waals surface area contributed by atoms with Crippen molar-refractivity contribution in [3.63, 3.8) is 0 Å². The van der Waals surface area contributed by atoms with E-state index in [0.717, 1.165) is 32.2 Å². The normalized spacial score (nSPS) is 17.4. The number of hydrogen-bond donors (Lipinski definition) is 0. The molecule has 0 radical (unpaired) electrons. The van der Waals surface area contributed by atoms with Crippen molar-refractivity contribution in [1.82, 2.24) is 4.90 Å². The Morgan fingerprint density at radius 1 is 1.04 bits per heavy atom. The number of carbonyl (C=O) groups excluding carboxylic acids is 1. The molecular weight excluding hydrogens is 330 g/mol. The molecule has 144 valence electrons. The summed E-state index contributed by atoms with van der Waals surface area (Å²) in [6.45, 7) is 3.17. The maximum atomic E-state index is 12.2. The van der Waals surface area contributed by atoms with Crippen LogP contribution in [0.4, 0.5) is 0 Å². The van der Waals surface area contributed by atoms with E-state index in [1.165, 1.54) is 42.0 Å². The molecule has 3 rings (SSSR count). The van der Waals surface area contributed by atoms with Crippen molar-refractivity contribution in [3.05, 3.63) is 60.2 Å². The highest BCUT2D eigenvalue weighted by atomic mass is 16.2. The van der Waals surface area contributed by atoms with Gasteiger partial charge in [0.15, 0.2) is 0 Å². The van der Waals surface area contributed by atoms with Crippen LogP contribution in [0.5, 0.6) is 0 Å². The van der Waals surface area contributed by atoms with Crippen LogP contribution in [0.25, 0.3) is 10.8 Å². The fourth-order valence-electron chi connectivity index (χ4n) is 4.13. The third-order valence-corrected chi connectivity index (χ3v) is 5.70. The van der Waals surface area contributed by atoms with E-state index in [-0.39, 0.29) is 0 Å². The lowest BCUT2D eigenvalue weighted by Crippen LogP contribution is -2.32. The number of unbranched alkanes of at least 4 members (excludes halogenated alkanes) is 4. The Balaban J connectivity index is 1.50. The number of hydrogen-bond acceptors (Lipinski definition) is 1. The molecule has 1 atom stereocenters. The molecule has 1 amide bonds. The molecule has 27 heavy (non-hydrogen) atoms. The van der Waals surface area contributed by atoms with Gasteiger partial charge in [0.2, 0.25) is 5.91 Å². The van der Waals surface area contributed by atoms with Crippen molar-refractivity contribution < 1.29 is 4.79 Å². The predicted octanol–water partition coefficient (Wildman–Crippen LogP) is 6.29. The van der Waals surface area contributed by atoms with Crippen LogP contribution < -0.4 is 0 Å². The zero-order chi connectivity index (χ0) is 18.9. The summed E-state index contributed by atoms with van der Waals surface area (Å²) in [5, 5.41) is 2.67. The standard InChI is InChI=1S/C25H33NO/c1-2-3-4-5-10-20-26-23(18-19-25(26)27)16-8-6-12-21-14-11-15-22-13-7-9-17-24(21)22/h7-9,11,13-17,23H,2-6,10,12,18-20H2,1H3/b16-8+. The summed E-state index contributed by atoms with van der Waals surface area (Å²) >= 11 is 0. The van der Waals surface area contributed by atoms with Crippen LogP contribution >= 0.6 is 0 Å². The molecular formula is C25H33NO. The lowest BCUT2D eigenvalue weighted by atomic mass is 10.0. The highest BCUT2D eigenvalue weighted by Gasteiger charge is 2.28. The first kappa shape index (κ1) is 19.7. The summed E-state index contributed by atoms with van der Waals surface area (Å²) in [7, 11) is 0. The van der Waals surface area contributed by atoms with Gasteiger partial charge in [-0.1, -0.05) is 87.2 Å². The summed E-state index contributed by atoms with van der Waals surface area (Å²) in [5.41, 5.74) is 1.41. The Hall–Kier alpha value is -2.09. The second-order valence-electron chi connectivity index (χ2n) is 7.71. The fraction of sp³-hybridized carbons (Fsp3) is 0.480. The van der Waals surface area contributed by atoms with Crippen LogP contribution in [0.3, 0.4) is 0 Å². The van der Waals surface area contributed by atoms with Gasteiger partial charge in [-0.3, -0.25) is 4.79 Å². The SMILES string of the molecule is CCCCCCCN1C(=O)CCC1/C=C/CCc1cccc2ccccc12. The van der Waals surface area contributed by atoms with Gasteiger partial charge in [0.25, 0.3) is 0 Å². The molecule has 0 aromatic heterocycles. The van der Waals surface area contributed by atoms with Crippen LogP contribution in [-0.4, -0.2) is 23.4 Å². The number of amides is 1. The summed E-state index contributed by atoms with van der Waals surface area (Å²) in [4.78, 5) is 14.3. The molecule has 1 aliphatic rings. The van der Waals surface area contributed by atoms with Crippen molar-refractivity contribution in [2.45, 2.75) is 70.8 Å². The number of carbonyl (C=O) groups is 1. The maximum Gasteiger partial charge on any atom is 0.223 e. The summed E-state index contributed by atoms with van der Waals surface area (Å²) < 4.78 is 0. The van der Waals surface area contributed by atoms with E-state index in [1.807, 2.05) is 0 Å². The second kappa shape index (κ2) is 10.3. The van der Waals surface area contributed by atoms with Crippen molar-refractivity contribution in [2.75, 3.05) is 6.54 Å². The summed E-state index contributed by atoms with van der Waals surface area (Å²) in [6.07, 6.45) is 14.6. The van der Waals surface area contributed by atoms with Crippen LogP contribution in [0, 0.1) is 0 Å². The molecule has 1 saturated heterocycles. The maximum absolute atomic E-state index is 12.2. The van der Waals surface area contributed by atoms with Gasteiger partial charge in [0.05, 0.1) is 6.04 Å². The quantitative estimate of drug-likeness (QED) is 0.359. The minimum atomic E-state index is 0.316. The van der Waals surface area contributed by atoms with Crippen molar-refractivity contribution in [3.8, 4) is 0 Å². The largest absolute Gasteiger partial charge is 0.336 e. The topological polar surface area (TPSA) is 20.3 Å². The highest BCUT2D eigenvalue weighted by Crippen LogP contribution is 2.22. The first-order valence-corrected chi connectivity index (χ1v) is 10.7. The van der Waals surface area contributed by atoms with Gasteiger partial charge in [-0.15, -0.1) is 0 Å². The van der Waals surface area contributed by atoms with Crippen molar-refractivity contribution in [1.29, 1.82) is 0 Å². The van der Waals surface area contributed by atoms with E-state index >= 15 is 0 Å². The minimum Gasteiger partial charge on any atom is -0.336 e. The lowest BCUT2D eigenvalue weighted by molar-refractivity contribution is -0.128. The van der Waals surface area contributed by atoms with Gasteiger partial charge < -0.3 is 4.90 Å². The number of fused-ring (bicyclic) bond motifs is 1. The van der Waals surface area contributed by atoms with Gasteiger partial charge in [-0.25, -0.2) is 0 Å². The lowest BCUT2D eigenvalue weighted by Gasteiger charge is -2.22.